The molecular weight excluding hydrogens is 190 g/mol. The van der Waals surface area contributed by atoms with Gasteiger partial charge in [0, 0.05) is 6.04 Å². The lowest BCUT2D eigenvalue weighted by Crippen LogP contribution is -2.17. The van der Waals surface area contributed by atoms with E-state index in [1.807, 2.05) is 31.2 Å². The lowest BCUT2D eigenvalue weighted by molar-refractivity contribution is 0.122. The van der Waals surface area contributed by atoms with E-state index in [0.29, 0.717) is 6.61 Å². The smallest absolute Gasteiger partial charge is 0.119 e. The summed E-state index contributed by atoms with van der Waals surface area (Å²) in [5.74, 6) is 0.782. The molecule has 15 heavy (non-hydrogen) atoms. The summed E-state index contributed by atoms with van der Waals surface area (Å²) in [5.41, 5.74) is 6.90. The number of hydrogen-bond acceptors (Lipinski definition) is 3. The van der Waals surface area contributed by atoms with Crippen LogP contribution in [0.1, 0.15) is 19.4 Å². The van der Waals surface area contributed by atoms with Crippen molar-refractivity contribution in [1.29, 1.82) is 0 Å². The minimum atomic E-state index is -0.436. The maximum absolute atomic E-state index is 9.05. The van der Waals surface area contributed by atoms with Gasteiger partial charge in [0.05, 0.1) is 6.10 Å². The summed E-state index contributed by atoms with van der Waals surface area (Å²) >= 11 is 0. The lowest BCUT2D eigenvalue weighted by Gasteiger charge is -2.09. The Morgan fingerprint density at radius 2 is 1.87 bits per heavy atom. The molecule has 0 aliphatic heterocycles. The number of hydrogen-bond donors (Lipinski definition) is 2. The highest BCUT2D eigenvalue weighted by atomic mass is 16.5. The minimum Gasteiger partial charge on any atom is -0.491 e. The Kier molecular flexibility index (Phi) is 4.59. The number of benzene rings is 1. The number of nitrogens with two attached hydrogens (primary N) is 1. The summed E-state index contributed by atoms with van der Waals surface area (Å²) in [6.45, 7) is 4.01. The monoisotopic (exact) mass is 209 g/mol. The van der Waals surface area contributed by atoms with E-state index in [0.717, 1.165) is 12.2 Å². The van der Waals surface area contributed by atoms with Crippen LogP contribution in [0.5, 0.6) is 5.75 Å². The van der Waals surface area contributed by atoms with Crippen molar-refractivity contribution in [1.82, 2.24) is 0 Å². The van der Waals surface area contributed by atoms with Crippen LogP contribution in [-0.2, 0) is 6.42 Å². The summed E-state index contributed by atoms with van der Waals surface area (Å²) in [4.78, 5) is 0. The summed E-state index contributed by atoms with van der Waals surface area (Å²) in [7, 11) is 0. The van der Waals surface area contributed by atoms with Crippen molar-refractivity contribution in [2.75, 3.05) is 6.61 Å². The van der Waals surface area contributed by atoms with E-state index in [1.54, 1.807) is 6.92 Å². The Balaban J connectivity index is 2.49. The standard InChI is InChI=1S/C12H19NO2/c1-9(13)7-11-3-5-12(6-4-11)15-8-10(2)14/h3-6,9-10,14H,7-8,13H2,1-2H3. The van der Waals surface area contributed by atoms with Crippen LogP contribution in [0.2, 0.25) is 0 Å². The third kappa shape index (κ3) is 4.81. The topological polar surface area (TPSA) is 55.5 Å². The maximum Gasteiger partial charge on any atom is 0.119 e. The summed E-state index contributed by atoms with van der Waals surface area (Å²) < 4.78 is 5.35. The first-order valence-electron chi connectivity index (χ1n) is 5.23. The summed E-state index contributed by atoms with van der Waals surface area (Å²) in [6.07, 6.45) is 0.435. The molecular formula is C12H19NO2. The van der Waals surface area contributed by atoms with Crippen molar-refractivity contribution in [3.05, 3.63) is 29.8 Å². The molecule has 0 aromatic heterocycles. The highest BCUT2D eigenvalue weighted by Crippen LogP contribution is 2.13. The van der Waals surface area contributed by atoms with E-state index >= 15 is 0 Å². The van der Waals surface area contributed by atoms with Gasteiger partial charge in [-0.25, -0.2) is 0 Å². The Labute approximate surface area is 90.9 Å². The van der Waals surface area contributed by atoms with Crippen LogP contribution in [-0.4, -0.2) is 23.9 Å². The van der Waals surface area contributed by atoms with Gasteiger partial charge in [0.2, 0.25) is 0 Å². The minimum absolute atomic E-state index is 0.175. The Hall–Kier alpha value is -1.06. The van der Waals surface area contributed by atoms with Gasteiger partial charge in [0.15, 0.2) is 0 Å². The van der Waals surface area contributed by atoms with Gasteiger partial charge in [-0.15, -0.1) is 0 Å². The zero-order valence-electron chi connectivity index (χ0n) is 9.31. The Morgan fingerprint density at radius 1 is 1.27 bits per heavy atom. The van der Waals surface area contributed by atoms with Crippen molar-refractivity contribution in [3.8, 4) is 5.75 Å². The molecule has 84 valence electrons. The molecule has 0 aliphatic carbocycles. The van der Waals surface area contributed by atoms with Crippen LogP contribution in [0.25, 0.3) is 0 Å². The molecule has 0 spiro atoms. The Bertz CT molecular complexity index is 280. The van der Waals surface area contributed by atoms with E-state index in [-0.39, 0.29) is 6.04 Å². The zero-order valence-corrected chi connectivity index (χ0v) is 9.31. The van der Waals surface area contributed by atoms with E-state index in [2.05, 4.69) is 0 Å². The molecule has 0 heterocycles. The van der Waals surface area contributed by atoms with Gasteiger partial charge in [-0.3, -0.25) is 0 Å². The molecule has 1 aromatic carbocycles. The van der Waals surface area contributed by atoms with Crippen LogP contribution in [0.15, 0.2) is 24.3 Å². The first-order valence-corrected chi connectivity index (χ1v) is 5.23. The van der Waals surface area contributed by atoms with Gasteiger partial charge in [-0.1, -0.05) is 12.1 Å². The highest BCUT2D eigenvalue weighted by Gasteiger charge is 2.00. The molecule has 3 nitrogen and oxygen atoms in total. The normalized spacial score (nSPS) is 14.7. The second kappa shape index (κ2) is 5.73. The predicted molar refractivity (Wildman–Crippen MR) is 61.0 cm³/mol. The Morgan fingerprint density at radius 3 is 2.33 bits per heavy atom. The van der Waals surface area contributed by atoms with Gasteiger partial charge in [0.25, 0.3) is 0 Å². The number of aliphatic hydroxyl groups is 1. The predicted octanol–water partition coefficient (Wildman–Crippen LogP) is 1.34. The molecule has 3 N–H and O–H groups in total. The first-order chi connectivity index (χ1) is 7.08. The molecule has 2 atom stereocenters. The quantitative estimate of drug-likeness (QED) is 0.769. The van der Waals surface area contributed by atoms with Crippen molar-refractivity contribution in [3.63, 3.8) is 0 Å². The average Bonchev–Trinajstić information content (AvgIpc) is 2.16. The van der Waals surface area contributed by atoms with Crippen LogP contribution in [0.3, 0.4) is 0 Å². The van der Waals surface area contributed by atoms with Crippen molar-refractivity contribution < 1.29 is 9.84 Å². The lowest BCUT2D eigenvalue weighted by atomic mass is 10.1. The zero-order chi connectivity index (χ0) is 11.3. The van der Waals surface area contributed by atoms with Crippen LogP contribution >= 0.6 is 0 Å². The fourth-order valence-electron chi connectivity index (χ4n) is 1.31. The first kappa shape index (κ1) is 12.0. The number of ether oxygens (including phenoxy) is 1. The van der Waals surface area contributed by atoms with Crippen molar-refractivity contribution >= 4 is 0 Å². The fourth-order valence-corrected chi connectivity index (χ4v) is 1.31. The second-order valence-corrected chi connectivity index (χ2v) is 3.99. The second-order valence-electron chi connectivity index (χ2n) is 3.99. The van der Waals surface area contributed by atoms with E-state index in [9.17, 15) is 0 Å². The largest absolute Gasteiger partial charge is 0.491 e. The van der Waals surface area contributed by atoms with E-state index < -0.39 is 6.10 Å². The molecule has 1 rings (SSSR count). The van der Waals surface area contributed by atoms with Crippen molar-refractivity contribution in [2.24, 2.45) is 5.73 Å². The van der Waals surface area contributed by atoms with Crippen LogP contribution in [0.4, 0.5) is 0 Å². The van der Waals surface area contributed by atoms with Crippen molar-refractivity contribution in [2.45, 2.75) is 32.4 Å². The van der Waals surface area contributed by atoms with Crippen LogP contribution in [0, 0.1) is 0 Å². The van der Waals surface area contributed by atoms with Gasteiger partial charge >= 0.3 is 0 Å². The highest BCUT2D eigenvalue weighted by molar-refractivity contribution is 5.27. The number of rotatable bonds is 5. The molecule has 3 heteroatoms. The molecule has 0 amide bonds. The average molecular weight is 209 g/mol. The molecule has 2 unspecified atom stereocenters. The molecule has 1 aromatic rings. The fraction of sp³-hybridized carbons (Fsp3) is 0.500. The molecule has 0 aliphatic rings. The number of aliphatic hydroxyl groups excluding tert-OH is 1. The summed E-state index contributed by atoms with van der Waals surface area (Å²) in [6, 6.07) is 7.98. The van der Waals surface area contributed by atoms with Gasteiger partial charge in [-0.2, -0.15) is 0 Å². The SMILES string of the molecule is CC(N)Cc1ccc(OCC(C)O)cc1. The van der Waals surface area contributed by atoms with E-state index in [1.165, 1.54) is 5.56 Å². The van der Waals surface area contributed by atoms with Gasteiger partial charge < -0.3 is 15.6 Å². The molecule has 0 bridgehead atoms. The third-order valence-electron chi connectivity index (χ3n) is 1.97. The molecule has 0 radical (unpaired) electrons. The molecule has 0 saturated carbocycles. The van der Waals surface area contributed by atoms with Gasteiger partial charge in [0.1, 0.15) is 12.4 Å². The van der Waals surface area contributed by atoms with E-state index in [4.69, 9.17) is 15.6 Å². The van der Waals surface area contributed by atoms with Crippen LogP contribution < -0.4 is 10.5 Å². The third-order valence-corrected chi connectivity index (χ3v) is 1.97. The molecule has 0 fully saturated rings. The maximum atomic E-state index is 9.05. The summed E-state index contributed by atoms with van der Waals surface area (Å²) in [5, 5.41) is 9.05. The molecule has 0 saturated heterocycles. The van der Waals surface area contributed by atoms with Gasteiger partial charge in [-0.05, 0) is 38.0 Å².